The Balaban J connectivity index is 2.66. The molecule has 0 aromatic heterocycles. The minimum absolute atomic E-state index is 0.263. The highest BCUT2D eigenvalue weighted by Gasteiger charge is 2.14. The van der Waals surface area contributed by atoms with Crippen LogP contribution >= 0.6 is 11.6 Å². The van der Waals surface area contributed by atoms with Crippen LogP contribution in [-0.4, -0.2) is 24.4 Å². The van der Waals surface area contributed by atoms with Crippen LogP contribution in [0.2, 0.25) is 0 Å². The van der Waals surface area contributed by atoms with Gasteiger partial charge in [0.05, 0.1) is 0 Å². The SMILES string of the molecule is CCCC(Cl)C(=O)Nc1cccc(OC(=O)NC)c1. The van der Waals surface area contributed by atoms with E-state index in [1.807, 2.05) is 6.92 Å². The van der Waals surface area contributed by atoms with Crippen molar-refractivity contribution in [3.05, 3.63) is 24.3 Å². The Kier molecular flexibility index (Phi) is 6.15. The lowest BCUT2D eigenvalue weighted by atomic mass is 10.2. The second-order valence-corrected chi connectivity index (χ2v) is 4.44. The summed E-state index contributed by atoms with van der Waals surface area (Å²) < 4.78 is 4.96. The molecule has 0 fully saturated rings. The Labute approximate surface area is 117 Å². The quantitative estimate of drug-likeness (QED) is 0.817. The third-order valence-corrected chi connectivity index (χ3v) is 2.76. The summed E-state index contributed by atoms with van der Waals surface area (Å²) in [6.07, 6.45) is 0.883. The van der Waals surface area contributed by atoms with Gasteiger partial charge in [-0.05, 0) is 18.6 Å². The molecule has 2 amide bonds. The van der Waals surface area contributed by atoms with Gasteiger partial charge in [0.2, 0.25) is 5.91 Å². The van der Waals surface area contributed by atoms with E-state index in [9.17, 15) is 9.59 Å². The molecule has 0 spiro atoms. The molecule has 0 heterocycles. The molecular formula is C13H17ClN2O3. The molecular weight excluding hydrogens is 268 g/mol. The van der Waals surface area contributed by atoms with Gasteiger partial charge in [-0.1, -0.05) is 19.4 Å². The maximum atomic E-state index is 11.7. The Morgan fingerprint density at radius 2 is 2.16 bits per heavy atom. The molecule has 5 nitrogen and oxygen atoms in total. The van der Waals surface area contributed by atoms with Gasteiger partial charge in [-0.2, -0.15) is 0 Å². The third-order valence-electron chi connectivity index (χ3n) is 2.34. The van der Waals surface area contributed by atoms with Crippen molar-refractivity contribution < 1.29 is 14.3 Å². The molecule has 6 heteroatoms. The van der Waals surface area contributed by atoms with Gasteiger partial charge in [0.25, 0.3) is 0 Å². The van der Waals surface area contributed by atoms with Crippen molar-refractivity contribution in [1.82, 2.24) is 5.32 Å². The van der Waals surface area contributed by atoms with E-state index in [0.29, 0.717) is 17.9 Å². The van der Waals surface area contributed by atoms with Gasteiger partial charge in [-0.25, -0.2) is 4.79 Å². The first-order chi connectivity index (χ1) is 9.06. The first kappa shape index (κ1) is 15.3. The van der Waals surface area contributed by atoms with Gasteiger partial charge >= 0.3 is 6.09 Å². The van der Waals surface area contributed by atoms with E-state index < -0.39 is 11.5 Å². The number of carbonyl (C=O) groups is 2. The van der Waals surface area contributed by atoms with Crippen LogP contribution in [0, 0.1) is 0 Å². The molecule has 0 saturated carbocycles. The van der Waals surface area contributed by atoms with Crippen LogP contribution in [-0.2, 0) is 4.79 Å². The van der Waals surface area contributed by atoms with Gasteiger partial charge < -0.3 is 15.4 Å². The molecule has 1 rings (SSSR count). The van der Waals surface area contributed by atoms with Crippen molar-refractivity contribution in [3.63, 3.8) is 0 Å². The first-order valence-electron chi connectivity index (χ1n) is 6.01. The van der Waals surface area contributed by atoms with Gasteiger partial charge in [-0.15, -0.1) is 11.6 Å². The summed E-state index contributed by atoms with van der Waals surface area (Å²) in [5.74, 6) is 0.0828. The predicted molar refractivity (Wildman–Crippen MR) is 74.7 cm³/mol. The van der Waals surface area contributed by atoms with Crippen molar-refractivity contribution in [1.29, 1.82) is 0 Å². The van der Waals surface area contributed by atoms with Gasteiger partial charge in [-0.3, -0.25) is 4.79 Å². The van der Waals surface area contributed by atoms with E-state index in [-0.39, 0.29) is 5.91 Å². The van der Waals surface area contributed by atoms with E-state index in [1.165, 1.54) is 7.05 Å². The van der Waals surface area contributed by atoms with Crippen LogP contribution in [0.1, 0.15) is 19.8 Å². The molecule has 1 aromatic carbocycles. The lowest BCUT2D eigenvalue weighted by molar-refractivity contribution is -0.116. The molecule has 2 N–H and O–H groups in total. The van der Waals surface area contributed by atoms with E-state index in [4.69, 9.17) is 16.3 Å². The van der Waals surface area contributed by atoms with Crippen molar-refractivity contribution in [3.8, 4) is 5.75 Å². The number of benzene rings is 1. The van der Waals surface area contributed by atoms with Crippen LogP contribution in [0.5, 0.6) is 5.75 Å². The largest absolute Gasteiger partial charge is 0.412 e. The van der Waals surface area contributed by atoms with Gasteiger partial charge in [0.15, 0.2) is 0 Å². The van der Waals surface area contributed by atoms with E-state index in [1.54, 1.807) is 24.3 Å². The molecule has 19 heavy (non-hydrogen) atoms. The maximum absolute atomic E-state index is 11.7. The first-order valence-corrected chi connectivity index (χ1v) is 6.45. The molecule has 1 atom stereocenters. The van der Waals surface area contributed by atoms with Crippen LogP contribution in [0.25, 0.3) is 0 Å². The summed E-state index contributed by atoms with van der Waals surface area (Å²) in [6.45, 7) is 1.96. The zero-order valence-corrected chi connectivity index (χ0v) is 11.7. The second-order valence-electron chi connectivity index (χ2n) is 3.91. The Morgan fingerprint density at radius 1 is 1.42 bits per heavy atom. The van der Waals surface area contributed by atoms with Crippen molar-refractivity contribution in [2.45, 2.75) is 25.1 Å². The fraction of sp³-hybridized carbons (Fsp3) is 0.385. The number of rotatable bonds is 5. The van der Waals surface area contributed by atoms with Crippen LogP contribution in [0.3, 0.4) is 0 Å². The molecule has 1 unspecified atom stereocenters. The summed E-state index contributed by atoms with van der Waals surface area (Å²) in [5, 5.41) is 4.45. The minimum atomic E-state index is -0.565. The number of ether oxygens (including phenoxy) is 1. The number of hydrogen-bond acceptors (Lipinski definition) is 3. The second kappa shape index (κ2) is 7.63. The van der Waals surface area contributed by atoms with Crippen molar-refractivity contribution in [2.75, 3.05) is 12.4 Å². The van der Waals surface area contributed by atoms with Crippen LogP contribution in [0.15, 0.2) is 24.3 Å². The maximum Gasteiger partial charge on any atom is 0.412 e. The molecule has 0 bridgehead atoms. The number of hydrogen-bond donors (Lipinski definition) is 2. The monoisotopic (exact) mass is 284 g/mol. The molecule has 104 valence electrons. The van der Waals surface area contributed by atoms with Crippen LogP contribution < -0.4 is 15.4 Å². The average molecular weight is 285 g/mol. The molecule has 0 radical (unpaired) electrons. The zero-order chi connectivity index (χ0) is 14.3. The Morgan fingerprint density at radius 3 is 2.79 bits per heavy atom. The Bertz CT molecular complexity index is 451. The summed E-state index contributed by atoms with van der Waals surface area (Å²) in [7, 11) is 1.47. The van der Waals surface area contributed by atoms with E-state index in [2.05, 4.69) is 10.6 Å². The van der Waals surface area contributed by atoms with Gasteiger partial charge in [0.1, 0.15) is 11.1 Å². The lowest BCUT2D eigenvalue weighted by Crippen LogP contribution is -2.23. The molecule has 1 aromatic rings. The molecule has 0 saturated heterocycles. The number of carbonyl (C=O) groups excluding carboxylic acids is 2. The minimum Gasteiger partial charge on any atom is -0.410 e. The summed E-state index contributed by atoms with van der Waals surface area (Å²) in [4.78, 5) is 22.8. The summed E-state index contributed by atoms with van der Waals surface area (Å²) >= 11 is 5.92. The zero-order valence-electron chi connectivity index (χ0n) is 10.9. The third kappa shape index (κ3) is 5.18. The highest BCUT2D eigenvalue weighted by molar-refractivity contribution is 6.32. The van der Waals surface area contributed by atoms with Gasteiger partial charge in [0, 0.05) is 18.8 Å². The normalized spacial score (nSPS) is 11.5. The molecule has 0 aliphatic heterocycles. The van der Waals surface area contributed by atoms with E-state index >= 15 is 0 Å². The smallest absolute Gasteiger partial charge is 0.410 e. The standard InChI is InChI=1S/C13H17ClN2O3/c1-3-5-11(14)12(17)16-9-6-4-7-10(8-9)19-13(18)15-2/h4,6-8,11H,3,5H2,1-2H3,(H,15,18)(H,16,17). The number of halogens is 1. The predicted octanol–water partition coefficient (Wildman–Crippen LogP) is 2.75. The number of alkyl halides is 1. The highest BCUT2D eigenvalue weighted by Crippen LogP contribution is 2.18. The fourth-order valence-corrected chi connectivity index (χ4v) is 1.67. The number of nitrogens with one attached hydrogen (secondary N) is 2. The lowest BCUT2D eigenvalue weighted by Gasteiger charge is -2.10. The fourth-order valence-electron chi connectivity index (χ4n) is 1.40. The topological polar surface area (TPSA) is 67.4 Å². The van der Waals surface area contributed by atoms with Crippen molar-refractivity contribution >= 4 is 29.3 Å². The van der Waals surface area contributed by atoms with Crippen LogP contribution in [0.4, 0.5) is 10.5 Å². The summed E-state index contributed by atoms with van der Waals surface area (Å²) in [5.41, 5.74) is 0.535. The molecule has 0 aliphatic carbocycles. The Hall–Kier alpha value is -1.75. The molecule has 0 aliphatic rings. The highest BCUT2D eigenvalue weighted by atomic mass is 35.5. The van der Waals surface area contributed by atoms with Crippen molar-refractivity contribution in [2.24, 2.45) is 0 Å². The average Bonchev–Trinajstić information content (AvgIpc) is 2.39. The number of anilines is 1. The van der Waals surface area contributed by atoms with E-state index in [0.717, 1.165) is 6.42 Å². The number of amides is 2. The summed E-state index contributed by atoms with van der Waals surface area (Å²) in [6, 6.07) is 6.55.